The molecule has 0 aliphatic heterocycles. The van der Waals surface area contributed by atoms with E-state index in [0.717, 1.165) is 11.1 Å². The molecule has 1 aromatic heterocycles. The zero-order valence-corrected chi connectivity index (χ0v) is 8.88. The number of nitrogens with zero attached hydrogens (tertiary/aromatic N) is 1. The number of isothiocyanates is 1. The maximum Gasteiger partial charge on any atom is 0.148 e. The van der Waals surface area contributed by atoms with Crippen LogP contribution in [0, 0.1) is 0 Å². The molecule has 4 heteroatoms. The SMILES string of the molecule is S=C=NCOCc1c[nH]c2ccccc12. The van der Waals surface area contributed by atoms with Crippen molar-refractivity contribution in [2.45, 2.75) is 6.61 Å². The van der Waals surface area contributed by atoms with Crippen molar-refractivity contribution in [1.29, 1.82) is 0 Å². The average molecular weight is 218 g/mol. The highest BCUT2D eigenvalue weighted by molar-refractivity contribution is 7.78. The van der Waals surface area contributed by atoms with Gasteiger partial charge in [-0.05, 0) is 18.3 Å². The first-order chi connectivity index (χ1) is 7.42. The molecule has 0 saturated carbocycles. The molecule has 0 aliphatic rings. The van der Waals surface area contributed by atoms with Crippen LogP contribution in [-0.4, -0.2) is 16.9 Å². The Kier molecular flexibility index (Phi) is 3.25. The first-order valence-corrected chi connectivity index (χ1v) is 4.99. The van der Waals surface area contributed by atoms with E-state index in [1.807, 2.05) is 24.4 Å². The summed E-state index contributed by atoms with van der Waals surface area (Å²) in [5.41, 5.74) is 2.25. The Labute approximate surface area is 92.8 Å². The van der Waals surface area contributed by atoms with Crippen LogP contribution >= 0.6 is 12.2 Å². The van der Waals surface area contributed by atoms with Crippen LogP contribution in [0.4, 0.5) is 0 Å². The van der Waals surface area contributed by atoms with Crippen molar-refractivity contribution in [1.82, 2.24) is 4.98 Å². The number of rotatable bonds is 4. The Morgan fingerprint density at radius 1 is 1.40 bits per heavy atom. The molecule has 0 fully saturated rings. The Hall–Kier alpha value is -1.48. The molecule has 1 heterocycles. The summed E-state index contributed by atoms with van der Waals surface area (Å²) in [5.74, 6) is 0. The van der Waals surface area contributed by atoms with Gasteiger partial charge in [0.15, 0.2) is 0 Å². The van der Waals surface area contributed by atoms with Crippen molar-refractivity contribution in [3.8, 4) is 0 Å². The highest BCUT2D eigenvalue weighted by Crippen LogP contribution is 2.18. The fourth-order valence-electron chi connectivity index (χ4n) is 1.48. The smallest absolute Gasteiger partial charge is 0.148 e. The first-order valence-electron chi connectivity index (χ1n) is 4.58. The van der Waals surface area contributed by atoms with Gasteiger partial charge in [-0.3, -0.25) is 0 Å². The number of hydrogen-bond acceptors (Lipinski definition) is 3. The maximum absolute atomic E-state index is 5.31. The van der Waals surface area contributed by atoms with Crippen LogP contribution in [0.25, 0.3) is 10.9 Å². The van der Waals surface area contributed by atoms with E-state index in [-0.39, 0.29) is 6.73 Å². The molecule has 0 atom stereocenters. The summed E-state index contributed by atoms with van der Waals surface area (Å²) < 4.78 is 5.31. The zero-order valence-electron chi connectivity index (χ0n) is 8.06. The van der Waals surface area contributed by atoms with Crippen molar-refractivity contribution in [2.24, 2.45) is 4.99 Å². The lowest BCUT2D eigenvalue weighted by molar-refractivity contribution is 0.130. The van der Waals surface area contributed by atoms with Crippen LogP contribution in [0.2, 0.25) is 0 Å². The largest absolute Gasteiger partial charge is 0.361 e. The van der Waals surface area contributed by atoms with E-state index in [1.165, 1.54) is 5.39 Å². The number of H-pyrrole nitrogens is 1. The minimum Gasteiger partial charge on any atom is -0.361 e. The summed E-state index contributed by atoms with van der Waals surface area (Å²) in [7, 11) is 0. The molecule has 0 bridgehead atoms. The maximum atomic E-state index is 5.31. The predicted molar refractivity (Wildman–Crippen MR) is 63.0 cm³/mol. The number of nitrogens with one attached hydrogen (secondary N) is 1. The minimum atomic E-state index is 0.267. The van der Waals surface area contributed by atoms with Gasteiger partial charge in [0.2, 0.25) is 0 Å². The van der Waals surface area contributed by atoms with E-state index in [4.69, 9.17) is 4.74 Å². The molecule has 0 saturated heterocycles. The lowest BCUT2D eigenvalue weighted by Gasteiger charge is -1.98. The van der Waals surface area contributed by atoms with Crippen LogP contribution in [0.5, 0.6) is 0 Å². The van der Waals surface area contributed by atoms with Gasteiger partial charge in [0, 0.05) is 22.7 Å². The van der Waals surface area contributed by atoms with Crippen molar-refractivity contribution in [3.63, 3.8) is 0 Å². The normalized spacial score (nSPS) is 10.1. The predicted octanol–water partition coefficient (Wildman–Crippen LogP) is 2.74. The van der Waals surface area contributed by atoms with Crippen LogP contribution in [0.3, 0.4) is 0 Å². The average Bonchev–Trinajstić information content (AvgIpc) is 2.68. The van der Waals surface area contributed by atoms with E-state index >= 15 is 0 Å². The van der Waals surface area contributed by atoms with Gasteiger partial charge in [0.1, 0.15) is 6.73 Å². The lowest BCUT2D eigenvalue weighted by Crippen LogP contribution is -1.91. The lowest BCUT2D eigenvalue weighted by atomic mass is 10.2. The van der Waals surface area contributed by atoms with E-state index in [2.05, 4.69) is 33.4 Å². The monoisotopic (exact) mass is 218 g/mol. The summed E-state index contributed by atoms with van der Waals surface area (Å²) in [5, 5.41) is 3.44. The van der Waals surface area contributed by atoms with Gasteiger partial charge in [0.05, 0.1) is 11.8 Å². The third-order valence-electron chi connectivity index (χ3n) is 2.15. The number of aliphatic imine (C=N–C) groups is 1. The van der Waals surface area contributed by atoms with Crippen LogP contribution in [0.15, 0.2) is 35.5 Å². The minimum absolute atomic E-state index is 0.267. The Bertz CT molecular complexity index is 500. The number of aromatic amines is 1. The second kappa shape index (κ2) is 4.84. The topological polar surface area (TPSA) is 37.4 Å². The molecule has 3 nitrogen and oxygen atoms in total. The first kappa shape index (κ1) is 10.1. The second-order valence-electron chi connectivity index (χ2n) is 3.09. The molecule has 76 valence electrons. The number of aromatic nitrogens is 1. The molecule has 0 radical (unpaired) electrons. The molecule has 0 aliphatic carbocycles. The summed E-state index contributed by atoms with van der Waals surface area (Å²) >= 11 is 4.44. The van der Waals surface area contributed by atoms with E-state index in [0.29, 0.717) is 6.61 Å². The number of fused-ring (bicyclic) bond motifs is 1. The summed E-state index contributed by atoms with van der Waals surface area (Å²) in [6.07, 6.45) is 1.95. The Morgan fingerprint density at radius 2 is 2.27 bits per heavy atom. The molecule has 15 heavy (non-hydrogen) atoms. The molecule has 2 rings (SSSR count). The van der Waals surface area contributed by atoms with Gasteiger partial charge in [-0.25, -0.2) is 4.99 Å². The molecular weight excluding hydrogens is 208 g/mol. The number of thiocarbonyl (C=S) groups is 1. The van der Waals surface area contributed by atoms with Crippen molar-refractivity contribution in [3.05, 3.63) is 36.0 Å². The van der Waals surface area contributed by atoms with Crippen LogP contribution in [0.1, 0.15) is 5.56 Å². The molecule has 1 N–H and O–H groups in total. The third kappa shape index (κ3) is 2.30. The number of ether oxygens (including phenoxy) is 1. The van der Waals surface area contributed by atoms with Crippen molar-refractivity contribution in [2.75, 3.05) is 6.73 Å². The summed E-state index contributed by atoms with van der Waals surface area (Å²) in [6, 6.07) is 8.11. The van der Waals surface area contributed by atoms with Gasteiger partial charge >= 0.3 is 0 Å². The summed E-state index contributed by atoms with van der Waals surface area (Å²) in [6.45, 7) is 0.799. The van der Waals surface area contributed by atoms with Crippen LogP contribution in [-0.2, 0) is 11.3 Å². The van der Waals surface area contributed by atoms with Gasteiger partial charge in [-0.15, -0.1) is 0 Å². The molecule has 2 aromatic rings. The van der Waals surface area contributed by atoms with Gasteiger partial charge in [-0.1, -0.05) is 18.2 Å². The van der Waals surface area contributed by atoms with Crippen molar-refractivity contribution < 1.29 is 4.74 Å². The number of benzene rings is 1. The standard InChI is InChI=1S/C11H10N2OS/c15-8-12-7-14-6-9-5-13-11-4-2-1-3-10(9)11/h1-5,13H,6-7H2. The van der Waals surface area contributed by atoms with E-state index in [1.54, 1.807) is 0 Å². The highest BCUT2D eigenvalue weighted by atomic mass is 32.1. The highest BCUT2D eigenvalue weighted by Gasteiger charge is 2.01. The molecule has 0 amide bonds. The van der Waals surface area contributed by atoms with Crippen molar-refractivity contribution >= 4 is 28.3 Å². The van der Waals surface area contributed by atoms with Crippen LogP contribution < -0.4 is 0 Å². The number of hydrogen-bond donors (Lipinski definition) is 1. The second-order valence-corrected chi connectivity index (χ2v) is 3.27. The molecule has 0 spiro atoms. The van der Waals surface area contributed by atoms with E-state index < -0.39 is 0 Å². The third-order valence-corrected chi connectivity index (χ3v) is 2.28. The fourth-order valence-corrected chi connectivity index (χ4v) is 1.53. The fraction of sp³-hybridized carbons (Fsp3) is 0.182. The van der Waals surface area contributed by atoms with Gasteiger partial charge in [0.25, 0.3) is 0 Å². The van der Waals surface area contributed by atoms with E-state index in [9.17, 15) is 0 Å². The van der Waals surface area contributed by atoms with Gasteiger partial charge in [-0.2, -0.15) is 0 Å². The zero-order chi connectivity index (χ0) is 10.5. The Balaban J connectivity index is 2.11. The summed E-state index contributed by atoms with van der Waals surface area (Å²) in [4.78, 5) is 6.87. The quantitative estimate of drug-likeness (QED) is 0.486. The molecular formula is C11H10N2OS. The van der Waals surface area contributed by atoms with Gasteiger partial charge < -0.3 is 9.72 Å². The molecule has 1 aromatic carbocycles. The molecule has 0 unspecified atom stereocenters. The number of para-hydroxylation sites is 1. The Morgan fingerprint density at radius 3 is 3.13 bits per heavy atom.